The maximum Gasteiger partial charge on any atom is 0.306 e. The van der Waals surface area contributed by atoms with E-state index >= 15 is 0 Å². The highest BCUT2D eigenvalue weighted by Crippen LogP contribution is 1.96. The standard InChI is InChI=1S/C8H15NO3/c1-3-12-8(11)5-4-7(10)6(2)9/h6H,3-5,9H2,1-2H3. The van der Waals surface area contributed by atoms with Crippen LogP contribution in [0.5, 0.6) is 0 Å². The third-order valence-corrected chi connectivity index (χ3v) is 1.39. The zero-order chi connectivity index (χ0) is 9.56. The average molecular weight is 173 g/mol. The minimum absolute atomic E-state index is 0.108. The molecule has 0 aliphatic carbocycles. The third kappa shape index (κ3) is 4.85. The molecule has 4 nitrogen and oxygen atoms in total. The Morgan fingerprint density at radius 2 is 2.00 bits per heavy atom. The highest BCUT2D eigenvalue weighted by molar-refractivity contribution is 5.86. The van der Waals surface area contributed by atoms with Gasteiger partial charge in [-0.1, -0.05) is 0 Å². The molecule has 0 aliphatic heterocycles. The Hall–Kier alpha value is -0.900. The van der Waals surface area contributed by atoms with Crippen molar-refractivity contribution in [1.29, 1.82) is 0 Å². The van der Waals surface area contributed by atoms with Gasteiger partial charge < -0.3 is 10.5 Å². The van der Waals surface area contributed by atoms with Gasteiger partial charge in [-0.05, 0) is 13.8 Å². The number of ketones is 1. The Morgan fingerprint density at radius 3 is 2.42 bits per heavy atom. The first kappa shape index (κ1) is 11.1. The Balaban J connectivity index is 3.54. The van der Waals surface area contributed by atoms with E-state index in [1.807, 2.05) is 0 Å². The minimum Gasteiger partial charge on any atom is -0.466 e. The summed E-state index contributed by atoms with van der Waals surface area (Å²) in [5.74, 6) is -0.449. The number of hydrogen-bond acceptors (Lipinski definition) is 4. The molecule has 0 aliphatic rings. The molecular weight excluding hydrogens is 158 g/mol. The molecule has 0 fully saturated rings. The van der Waals surface area contributed by atoms with Crippen LogP contribution in [0, 0.1) is 0 Å². The lowest BCUT2D eigenvalue weighted by Crippen LogP contribution is -2.27. The fourth-order valence-corrected chi connectivity index (χ4v) is 0.686. The van der Waals surface area contributed by atoms with Gasteiger partial charge in [0.15, 0.2) is 0 Å². The summed E-state index contributed by atoms with van der Waals surface area (Å²) < 4.78 is 4.64. The predicted molar refractivity (Wildman–Crippen MR) is 44.5 cm³/mol. The van der Waals surface area contributed by atoms with Crippen molar-refractivity contribution in [2.24, 2.45) is 5.73 Å². The highest BCUT2D eigenvalue weighted by atomic mass is 16.5. The second kappa shape index (κ2) is 5.71. The fourth-order valence-electron chi connectivity index (χ4n) is 0.686. The van der Waals surface area contributed by atoms with Crippen LogP contribution >= 0.6 is 0 Å². The summed E-state index contributed by atoms with van der Waals surface area (Å²) in [5.41, 5.74) is 5.29. The summed E-state index contributed by atoms with van der Waals surface area (Å²) in [6.07, 6.45) is 0.310. The second-order valence-electron chi connectivity index (χ2n) is 2.56. The van der Waals surface area contributed by atoms with Gasteiger partial charge in [0.25, 0.3) is 0 Å². The molecule has 0 heterocycles. The van der Waals surface area contributed by atoms with Gasteiger partial charge in [-0.2, -0.15) is 0 Å². The highest BCUT2D eigenvalue weighted by Gasteiger charge is 2.10. The number of carbonyl (C=O) groups excluding carboxylic acids is 2. The summed E-state index contributed by atoms with van der Waals surface area (Å²) in [6.45, 7) is 3.68. The lowest BCUT2D eigenvalue weighted by Gasteiger charge is -2.03. The van der Waals surface area contributed by atoms with E-state index in [-0.39, 0.29) is 24.6 Å². The third-order valence-electron chi connectivity index (χ3n) is 1.39. The summed E-state index contributed by atoms with van der Waals surface area (Å²) in [7, 11) is 0. The minimum atomic E-state index is -0.487. The average Bonchev–Trinajstić information content (AvgIpc) is 2.00. The van der Waals surface area contributed by atoms with E-state index < -0.39 is 6.04 Å². The molecule has 0 aromatic rings. The van der Waals surface area contributed by atoms with Crippen LogP contribution in [-0.2, 0) is 14.3 Å². The normalized spacial score (nSPS) is 12.2. The molecule has 0 amide bonds. The van der Waals surface area contributed by atoms with Crippen LogP contribution in [0.25, 0.3) is 0 Å². The van der Waals surface area contributed by atoms with E-state index in [1.165, 1.54) is 0 Å². The summed E-state index contributed by atoms with van der Waals surface area (Å²) in [6, 6.07) is -0.487. The predicted octanol–water partition coefficient (Wildman–Crippen LogP) is 0.246. The van der Waals surface area contributed by atoms with Crippen molar-refractivity contribution in [3.63, 3.8) is 0 Å². The molecule has 4 heteroatoms. The molecule has 2 N–H and O–H groups in total. The fraction of sp³-hybridized carbons (Fsp3) is 0.750. The van der Waals surface area contributed by atoms with Crippen LogP contribution in [0.1, 0.15) is 26.7 Å². The van der Waals surface area contributed by atoms with Crippen LogP contribution in [0.4, 0.5) is 0 Å². The Kier molecular flexibility index (Phi) is 5.28. The van der Waals surface area contributed by atoms with Gasteiger partial charge in [0.05, 0.1) is 19.1 Å². The molecule has 1 atom stereocenters. The number of rotatable bonds is 5. The van der Waals surface area contributed by atoms with Crippen molar-refractivity contribution >= 4 is 11.8 Å². The maximum atomic E-state index is 10.9. The largest absolute Gasteiger partial charge is 0.466 e. The summed E-state index contributed by atoms with van der Waals surface area (Å²) in [5, 5.41) is 0. The van der Waals surface area contributed by atoms with Crippen molar-refractivity contribution in [3.8, 4) is 0 Å². The molecule has 0 aromatic heterocycles. The van der Waals surface area contributed by atoms with Gasteiger partial charge in [-0.25, -0.2) is 0 Å². The van der Waals surface area contributed by atoms with Crippen molar-refractivity contribution in [1.82, 2.24) is 0 Å². The lowest BCUT2D eigenvalue weighted by atomic mass is 10.1. The summed E-state index contributed by atoms with van der Waals surface area (Å²) in [4.78, 5) is 21.7. The van der Waals surface area contributed by atoms with E-state index in [4.69, 9.17) is 5.73 Å². The molecule has 0 saturated heterocycles. The smallest absolute Gasteiger partial charge is 0.306 e. The molecule has 0 aromatic carbocycles. The van der Waals surface area contributed by atoms with Gasteiger partial charge >= 0.3 is 5.97 Å². The van der Waals surface area contributed by atoms with Crippen LogP contribution < -0.4 is 5.73 Å². The van der Waals surface area contributed by atoms with Crippen molar-refractivity contribution < 1.29 is 14.3 Å². The number of ether oxygens (including phenoxy) is 1. The van der Waals surface area contributed by atoms with Crippen LogP contribution in [0.3, 0.4) is 0 Å². The molecule has 0 radical (unpaired) electrons. The number of nitrogens with two attached hydrogens (primary N) is 1. The quantitative estimate of drug-likeness (QED) is 0.605. The molecular formula is C8H15NO3. The molecule has 0 rings (SSSR count). The Bertz CT molecular complexity index is 166. The van der Waals surface area contributed by atoms with Gasteiger partial charge in [0.1, 0.15) is 5.78 Å². The van der Waals surface area contributed by atoms with Gasteiger partial charge in [0, 0.05) is 6.42 Å². The van der Waals surface area contributed by atoms with E-state index in [0.29, 0.717) is 6.61 Å². The molecule has 0 bridgehead atoms. The van der Waals surface area contributed by atoms with Crippen molar-refractivity contribution in [2.45, 2.75) is 32.7 Å². The molecule has 0 spiro atoms. The number of esters is 1. The van der Waals surface area contributed by atoms with Crippen LogP contribution in [0.2, 0.25) is 0 Å². The molecule has 1 unspecified atom stereocenters. The SMILES string of the molecule is CCOC(=O)CCC(=O)C(C)N. The monoisotopic (exact) mass is 173 g/mol. The number of carbonyl (C=O) groups is 2. The number of Topliss-reactive ketones (excluding diaryl/α,β-unsaturated/α-hetero) is 1. The van der Waals surface area contributed by atoms with E-state index in [2.05, 4.69) is 4.74 Å². The Labute approximate surface area is 72.1 Å². The van der Waals surface area contributed by atoms with Gasteiger partial charge in [-0.3, -0.25) is 9.59 Å². The Morgan fingerprint density at radius 1 is 1.42 bits per heavy atom. The second-order valence-corrected chi connectivity index (χ2v) is 2.56. The zero-order valence-electron chi connectivity index (χ0n) is 7.50. The molecule has 70 valence electrons. The first-order valence-electron chi connectivity index (χ1n) is 4.01. The van der Waals surface area contributed by atoms with E-state index in [0.717, 1.165) is 0 Å². The van der Waals surface area contributed by atoms with Crippen LogP contribution in [-0.4, -0.2) is 24.4 Å². The van der Waals surface area contributed by atoms with Gasteiger partial charge in [-0.15, -0.1) is 0 Å². The molecule has 12 heavy (non-hydrogen) atoms. The van der Waals surface area contributed by atoms with Crippen molar-refractivity contribution in [3.05, 3.63) is 0 Å². The van der Waals surface area contributed by atoms with E-state index in [9.17, 15) is 9.59 Å². The van der Waals surface area contributed by atoms with E-state index in [1.54, 1.807) is 13.8 Å². The maximum absolute atomic E-state index is 10.9. The zero-order valence-corrected chi connectivity index (χ0v) is 7.50. The van der Waals surface area contributed by atoms with Crippen molar-refractivity contribution in [2.75, 3.05) is 6.61 Å². The number of hydrogen-bond donors (Lipinski definition) is 1. The lowest BCUT2D eigenvalue weighted by molar-refractivity contribution is -0.144. The van der Waals surface area contributed by atoms with Crippen LogP contribution in [0.15, 0.2) is 0 Å². The molecule has 0 saturated carbocycles. The first-order valence-corrected chi connectivity index (χ1v) is 4.01. The first-order chi connectivity index (χ1) is 5.57. The summed E-state index contributed by atoms with van der Waals surface area (Å²) >= 11 is 0. The van der Waals surface area contributed by atoms with Gasteiger partial charge in [0.2, 0.25) is 0 Å². The topological polar surface area (TPSA) is 69.4 Å².